The van der Waals surface area contributed by atoms with E-state index in [1.807, 2.05) is 24.3 Å². The van der Waals surface area contributed by atoms with Crippen molar-refractivity contribution in [2.45, 2.75) is 13.8 Å². The first-order valence-corrected chi connectivity index (χ1v) is 8.78. The summed E-state index contributed by atoms with van der Waals surface area (Å²) >= 11 is 0. The summed E-state index contributed by atoms with van der Waals surface area (Å²) in [7, 11) is 0. The van der Waals surface area contributed by atoms with E-state index >= 15 is 0 Å². The first-order chi connectivity index (χ1) is 13.0. The number of phenols is 1. The van der Waals surface area contributed by atoms with Gasteiger partial charge in [0.1, 0.15) is 5.75 Å². The molecule has 2 aromatic rings. The highest BCUT2D eigenvalue weighted by atomic mass is 16.3. The highest BCUT2D eigenvalue weighted by molar-refractivity contribution is 5.98. The molecule has 2 amide bonds. The van der Waals surface area contributed by atoms with Crippen molar-refractivity contribution >= 4 is 23.7 Å². The number of carbonyl (C=O) groups is 2. The third kappa shape index (κ3) is 5.85. The predicted molar refractivity (Wildman–Crippen MR) is 106 cm³/mol. The Balaban J connectivity index is 1.81. The lowest BCUT2D eigenvalue weighted by Crippen LogP contribution is -2.34. The lowest BCUT2D eigenvalue weighted by atomic mass is 10.2. The van der Waals surface area contributed by atoms with E-state index in [1.165, 1.54) is 18.3 Å². The van der Waals surface area contributed by atoms with E-state index in [0.29, 0.717) is 0 Å². The van der Waals surface area contributed by atoms with Crippen LogP contribution in [0.5, 0.6) is 5.75 Å². The van der Waals surface area contributed by atoms with Gasteiger partial charge >= 0.3 is 0 Å². The third-order valence-corrected chi connectivity index (χ3v) is 3.98. The van der Waals surface area contributed by atoms with Crippen LogP contribution in [0.25, 0.3) is 0 Å². The Bertz CT molecular complexity index is 799. The summed E-state index contributed by atoms with van der Waals surface area (Å²) in [5.74, 6) is -1.13. The van der Waals surface area contributed by atoms with E-state index in [0.717, 1.165) is 24.3 Å². The van der Waals surface area contributed by atoms with Crippen LogP contribution in [0, 0.1) is 0 Å². The molecule has 7 heteroatoms. The van der Waals surface area contributed by atoms with E-state index in [1.54, 1.807) is 12.1 Å². The van der Waals surface area contributed by atoms with Gasteiger partial charge in [-0.3, -0.25) is 9.59 Å². The zero-order chi connectivity index (χ0) is 19.6. The van der Waals surface area contributed by atoms with Gasteiger partial charge in [0, 0.05) is 18.8 Å². The van der Waals surface area contributed by atoms with E-state index in [4.69, 9.17) is 0 Å². The number of rotatable bonds is 8. The quantitative estimate of drug-likeness (QED) is 0.491. The number of nitrogens with one attached hydrogen (secondary N) is 2. The average molecular weight is 368 g/mol. The van der Waals surface area contributed by atoms with Crippen molar-refractivity contribution in [2.75, 3.05) is 24.5 Å². The minimum Gasteiger partial charge on any atom is -0.507 e. The third-order valence-electron chi connectivity index (χ3n) is 3.98. The average Bonchev–Trinajstić information content (AvgIpc) is 2.68. The molecule has 0 unspecified atom stereocenters. The molecule has 0 fully saturated rings. The topological polar surface area (TPSA) is 94.0 Å². The van der Waals surface area contributed by atoms with Crippen LogP contribution in [0.4, 0.5) is 5.69 Å². The molecule has 0 aliphatic heterocycles. The molecule has 0 aliphatic carbocycles. The van der Waals surface area contributed by atoms with Crippen LogP contribution in [0.15, 0.2) is 53.6 Å². The first kappa shape index (κ1) is 20.0. The molecule has 27 heavy (non-hydrogen) atoms. The number of aromatic hydroxyl groups is 1. The Kier molecular flexibility index (Phi) is 7.37. The van der Waals surface area contributed by atoms with Gasteiger partial charge in [-0.25, -0.2) is 5.43 Å². The second-order valence-corrected chi connectivity index (χ2v) is 5.76. The van der Waals surface area contributed by atoms with E-state index in [9.17, 15) is 14.7 Å². The minimum absolute atomic E-state index is 0.113. The van der Waals surface area contributed by atoms with Gasteiger partial charge in [-0.05, 0) is 43.7 Å². The Labute approximate surface area is 158 Å². The predicted octanol–water partition coefficient (Wildman–Crippen LogP) is 2.12. The van der Waals surface area contributed by atoms with Crippen molar-refractivity contribution in [2.24, 2.45) is 5.10 Å². The monoisotopic (exact) mass is 368 g/mol. The molecule has 0 saturated heterocycles. The molecule has 0 atom stereocenters. The smallest absolute Gasteiger partial charge is 0.259 e. The molecule has 142 valence electrons. The second-order valence-electron chi connectivity index (χ2n) is 5.76. The molecular formula is C20H24N4O3. The molecule has 0 spiro atoms. The standard InChI is InChI=1S/C20H24N4O3/c1-3-24(4-2)16-11-9-15(10-12-16)13-22-23-19(26)14-21-20(27)17-7-5-6-8-18(17)25/h5-13,25H,3-4,14H2,1-2H3,(H,21,27)(H,23,26). The van der Waals surface area contributed by atoms with Crippen molar-refractivity contribution in [3.8, 4) is 5.75 Å². The fourth-order valence-electron chi connectivity index (χ4n) is 2.50. The molecule has 0 radical (unpaired) electrons. The Morgan fingerprint density at radius 1 is 1.07 bits per heavy atom. The van der Waals surface area contributed by atoms with E-state index in [-0.39, 0.29) is 17.9 Å². The molecule has 0 aliphatic rings. The number of amides is 2. The van der Waals surface area contributed by atoms with Gasteiger partial charge in [0.15, 0.2) is 0 Å². The van der Waals surface area contributed by atoms with Gasteiger partial charge in [0.25, 0.3) is 11.8 Å². The molecule has 2 rings (SSSR count). The van der Waals surface area contributed by atoms with Gasteiger partial charge in [-0.2, -0.15) is 5.10 Å². The molecule has 3 N–H and O–H groups in total. The molecule has 0 bridgehead atoms. The lowest BCUT2D eigenvalue weighted by Gasteiger charge is -2.20. The number of benzene rings is 2. The van der Waals surface area contributed by atoms with Gasteiger partial charge in [-0.1, -0.05) is 24.3 Å². The molecule has 2 aromatic carbocycles. The number of phenolic OH excluding ortho intramolecular Hbond substituents is 1. The van der Waals surface area contributed by atoms with Gasteiger partial charge in [0.2, 0.25) is 0 Å². The summed E-state index contributed by atoms with van der Waals surface area (Å²) in [5.41, 5.74) is 4.45. The Morgan fingerprint density at radius 2 is 1.74 bits per heavy atom. The van der Waals surface area contributed by atoms with Crippen LogP contribution in [0.3, 0.4) is 0 Å². The Morgan fingerprint density at radius 3 is 2.37 bits per heavy atom. The highest BCUT2D eigenvalue weighted by Crippen LogP contribution is 2.15. The normalized spacial score (nSPS) is 10.6. The van der Waals surface area contributed by atoms with Crippen LogP contribution in [-0.4, -0.2) is 42.8 Å². The van der Waals surface area contributed by atoms with Crippen LogP contribution in [0.2, 0.25) is 0 Å². The zero-order valence-electron chi connectivity index (χ0n) is 15.5. The highest BCUT2D eigenvalue weighted by Gasteiger charge is 2.11. The minimum atomic E-state index is -0.528. The largest absolute Gasteiger partial charge is 0.507 e. The van der Waals surface area contributed by atoms with Gasteiger partial charge in [-0.15, -0.1) is 0 Å². The zero-order valence-corrected chi connectivity index (χ0v) is 15.5. The lowest BCUT2D eigenvalue weighted by molar-refractivity contribution is -0.120. The van der Waals surface area contributed by atoms with E-state index in [2.05, 4.69) is 34.6 Å². The molecule has 0 saturated carbocycles. The number of anilines is 1. The van der Waals surface area contributed by atoms with Gasteiger partial charge in [0.05, 0.1) is 18.3 Å². The fraction of sp³-hybridized carbons (Fsp3) is 0.250. The summed E-state index contributed by atoms with van der Waals surface area (Å²) < 4.78 is 0. The van der Waals surface area contributed by atoms with Crippen molar-refractivity contribution in [3.63, 3.8) is 0 Å². The number of carbonyl (C=O) groups excluding carboxylic acids is 2. The summed E-state index contributed by atoms with van der Waals surface area (Å²) in [6, 6.07) is 14.0. The number of para-hydroxylation sites is 1. The second kappa shape index (κ2) is 9.96. The summed E-state index contributed by atoms with van der Waals surface area (Å²) in [5, 5.41) is 15.9. The van der Waals surface area contributed by atoms with Crippen molar-refractivity contribution in [1.29, 1.82) is 0 Å². The molecule has 0 heterocycles. The maximum absolute atomic E-state index is 11.9. The first-order valence-electron chi connectivity index (χ1n) is 8.78. The molecular weight excluding hydrogens is 344 g/mol. The van der Waals surface area contributed by atoms with Crippen LogP contribution >= 0.6 is 0 Å². The number of nitrogens with zero attached hydrogens (tertiary/aromatic N) is 2. The summed E-state index contributed by atoms with van der Waals surface area (Å²) in [4.78, 5) is 25.9. The van der Waals surface area contributed by atoms with Gasteiger partial charge < -0.3 is 15.3 Å². The van der Waals surface area contributed by atoms with Crippen LogP contribution < -0.4 is 15.6 Å². The maximum Gasteiger partial charge on any atom is 0.259 e. The number of hydrazone groups is 1. The van der Waals surface area contributed by atoms with Crippen LogP contribution in [0.1, 0.15) is 29.8 Å². The Hall–Kier alpha value is -3.35. The fourth-order valence-corrected chi connectivity index (χ4v) is 2.50. The summed E-state index contributed by atoms with van der Waals surface area (Å²) in [6.45, 7) is 5.84. The molecule has 0 aromatic heterocycles. The SMILES string of the molecule is CCN(CC)c1ccc(C=NNC(=O)CNC(=O)c2ccccc2O)cc1. The van der Waals surface area contributed by atoms with Crippen LogP contribution in [-0.2, 0) is 4.79 Å². The van der Waals surface area contributed by atoms with Crippen molar-refractivity contribution in [3.05, 3.63) is 59.7 Å². The number of hydrogen-bond donors (Lipinski definition) is 3. The maximum atomic E-state index is 11.9. The van der Waals surface area contributed by atoms with Crippen molar-refractivity contribution in [1.82, 2.24) is 10.7 Å². The number of hydrogen-bond acceptors (Lipinski definition) is 5. The molecule has 7 nitrogen and oxygen atoms in total. The van der Waals surface area contributed by atoms with Crippen molar-refractivity contribution < 1.29 is 14.7 Å². The summed E-state index contributed by atoms with van der Waals surface area (Å²) in [6.07, 6.45) is 1.54. The van der Waals surface area contributed by atoms with E-state index < -0.39 is 11.8 Å².